The van der Waals surface area contributed by atoms with Gasteiger partial charge in [-0.3, -0.25) is 9.59 Å². The minimum atomic E-state index is -0.472. The SMILES string of the molecule is O=C(NCCc1ccc(O)cc1)c1cc(=O)c(OCc2ccccc2)co1. The molecule has 0 radical (unpaired) electrons. The van der Waals surface area contributed by atoms with Gasteiger partial charge in [0.1, 0.15) is 18.6 Å². The lowest BCUT2D eigenvalue weighted by molar-refractivity contribution is 0.0923. The molecule has 0 bridgehead atoms. The van der Waals surface area contributed by atoms with E-state index >= 15 is 0 Å². The number of carbonyl (C=O) groups excluding carboxylic acids is 1. The molecule has 6 nitrogen and oxygen atoms in total. The van der Waals surface area contributed by atoms with Gasteiger partial charge < -0.3 is 19.6 Å². The summed E-state index contributed by atoms with van der Waals surface area (Å²) in [4.78, 5) is 24.2. The zero-order chi connectivity index (χ0) is 19.1. The van der Waals surface area contributed by atoms with Crippen LogP contribution in [0.1, 0.15) is 21.7 Å². The molecule has 0 unspecified atom stereocenters. The summed E-state index contributed by atoms with van der Waals surface area (Å²) in [6.45, 7) is 0.614. The summed E-state index contributed by atoms with van der Waals surface area (Å²) in [5.74, 6) is -0.295. The molecule has 2 aromatic carbocycles. The molecule has 3 aromatic rings. The Kier molecular flexibility index (Phi) is 5.89. The standard InChI is InChI=1S/C21H19NO5/c23-17-8-6-15(7-9-17)10-11-22-21(25)19-12-18(24)20(14-27-19)26-13-16-4-2-1-3-5-16/h1-9,12,14,23H,10-11,13H2,(H,22,25). The number of aromatic hydroxyl groups is 1. The van der Waals surface area contributed by atoms with Crippen molar-refractivity contribution in [1.29, 1.82) is 0 Å². The summed E-state index contributed by atoms with van der Waals surface area (Å²) < 4.78 is 10.7. The fourth-order valence-corrected chi connectivity index (χ4v) is 2.43. The molecule has 0 saturated heterocycles. The van der Waals surface area contributed by atoms with E-state index in [4.69, 9.17) is 9.15 Å². The van der Waals surface area contributed by atoms with Crippen LogP contribution in [0.4, 0.5) is 0 Å². The van der Waals surface area contributed by atoms with E-state index in [0.29, 0.717) is 13.0 Å². The second-order valence-electron chi connectivity index (χ2n) is 5.92. The Hall–Kier alpha value is -3.54. The first-order valence-electron chi connectivity index (χ1n) is 8.47. The van der Waals surface area contributed by atoms with Gasteiger partial charge in [0.2, 0.25) is 11.2 Å². The molecule has 3 rings (SSSR count). The predicted molar refractivity (Wildman–Crippen MR) is 99.9 cm³/mol. The van der Waals surface area contributed by atoms with Gasteiger partial charge in [-0.05, 0) is 29.7 Å². The van der Waals surface area contributed by atoms with E-state index in [1.54, 1.807) is 24.3 Å². The number of nitrogens with one attached hydrogen (secondary N) is 1. The maximum absolute atomic E-state index is 12.1. The minimum Gasteiger partial charge on any atom is -0.508 e. The Bertz CT molecular complexity index is 948. The first kappa shape index (κ1) is 18.3. The van der Waals surface area contributed by atoms with Crippen molar-refractivity contribution in [1.82, 2.24) is 5.32 Å². The maximum Gasteiger partial charge on any atom is 0.287 e. The lowest BCUT2D eigenvalue weighted by Gasteiger charge is -2.07. The molecule has 0 fully saturated rings. The van der Waals surface area contributed by atoms with E-state index in [9.17, 15) is 14.7 Å². The number of phenolic OH excluding ortho intramolecular Hbond substituents is 1. The normalized spacial score (nSPS) is 10.4. The molecule has 0 spiro atoms. The van der Waals surface area contributed by atoms with Gasteiger partial charge in [0.15, 0.2) is 5.76 Å². The van der Waals surface area contributed by atoms with Crippen LogP contribution >= 0.6 is 0 Å². The third-order valence-electron chi connectivity index (χ3n) is 3.89. The van der Waals surface area contributed by atoms with Crippen molar-refractivity contribution in [2.45, 2.75) is 13.0 Å². The van der Waals surface area contributed by atoms with Crippen LogP contribution in [0, 0.1) is 0 Å². The molecule has 0 aliphatic heterocycles. The monoisotopic (exact) mass is 365 g/mol. The van der Waals surface area contributed by atoms with Crippen molar-refractivity contribution in [3.63, 3.8) is 0 Å². The first-order chi connectivity index (χ1) is 13.1. The van der Waals surface area contributed by atoms with Crippen molar-refractivity contribution in [3.8, 4) is 11.5 Å². The molecule has 0 saturated carbocycles. The smallest absolute Gasteiger partial charge is 0.287 e. The molecule has 1 heterocycles. The van der Waals surface area contributed by atoms with Gasteiger partial charge in [0.05, 0.1) is 0 Å². The Balaban J connectivity index is 1.53. The minimum absolute atomic E-state index is 0.0551. The number of hydrogen-bond acceptors (Lipinski definition) is 5. The summed E-state index contributed by atoms with van der Waals surface area (Å²) in [5.41, 5.74) is 1.48. The Morgan fingerprint density at radius 1 is 1.04 bits per heavy atom. The molecule has 1 aromatic heterocycles. The molecular formula is C21H19NO5. The van der Waals surface area contributed by atoms with E-state index in [1.165, 1.54) is 0 Å². The third kappa shape index (κ3) is 5.22. The Labute approximate surface area is 156 Å². The van der Waals surface area contributed by atoms with Gasteiger partial charge >= 0.3 is 0 Å². The molecule has 1 amide bonds. The fourth-order valence-electron chi connectivity index (χ4n) is 2.43. The molecule has 0 aliphatic carbocycles. The van der Waals surface area contributed by atoms with Crippen LogP contribution in [0.5, 0.6) is 11.5 Å². The van der Waals surface area contributed by atoms with Crippen LogP contribution in [0.3, 0.4) is 0 Å². The Morgan fingerprint density at radius 3 is 2.48 bits per heavy atom. The largest absolute Gasteiger partial charge is 0.508 e. The van der Waals surface area contributed by atoms with Gasteiger partial charge in [-0.2, -0.15) is 0 Å². The highest BCUT2D eigenvalue weighted by atomic mass is 16.5. The number of hydrogen-bond donors (Lipinski definition) is 2. The van der Waals surface area contributed by atoms with Crippen molar-refractivity contribution in [3.05, 3.63) is 94.0 Å². The second kappa shape index (κ2) is 8.71. The molecule has 27 heavy (non-hydrogen) atoms. The number of phenols is 1. The highest BCUT2D eigenvalue weighted by molar-refractivity contribution is 5.91. The number of benzene rings is 2. The van der Waals surface area contributed by atoms with Gasteiger partial charge in [0.25, 0.3) is 5.91 Å². The van der Waals surface area contributed by atoms with E-state index < -0.39 is 11.3 Å². The topological polar surface area (TPSA) is 88.8 Å². The number of rotatable bonds is 7. The molecular weight excluding hydrogens is 346 g/mol. The average molecular weight is 365 g/mol. The third-order valence-corrected chi connectivity index (χ3v) is 3.89. The van der Waals surface area contributed by atoms with Crippen molar-refractivity contribution in [2.24, 2.45) is 0 Å². The van der Waals surface area contributed by atoms with Crippen molar-refractivity contribution < 1.29 is 19.1 Å². The lowest BCUT2D eigenvalue weighted by Crippen LogP contribution is -2.26. The number of amides is 1. The van der Waals surface area contributed by atoms with Crippen molar-refractivity contribution in [2.75, 3.05) is 6.54 Å². The van der Waals surface area contributed by atoms with Gasteiger partial charge in [-0.1, -0.05) is 42.5 Å². The van der Waals surface area contributed by atoms with Crippen LogP contribution < -0.4 is 15.5 Å². The second-order valence-corrected chi connectivity index (χ2v) is 5.92. The quantitative estimate of drug-likeness (QED) is 0.672. The predicted octanol–water partition coefficient (Wildman–Crippen LogP) is 2.90. The zero-order valence-corrected chi connectivity index (χ0v) is 14.6. The fraction of sp³-hybridized carbons (Fsp3) is 0.143. The van der Waals surface area contributed by atoms with E-state index in [1.807, 2.05) is 30.3 Å². The highest BCUT2D eigenvalue weighted by Gasteiger charge is 2.12. The van der Waals surface area contributed by atoms with Gasteiger partial charge in [-0.15, -0.1) is 0 Å². The highest BCUT2D eigenvalue weighted by Crippen LogP contribution is 2.11. The van der Waals surface area contributed by atoms with Crippen LogP contribution in [0.2, 0.25) is 0 Å². The van der Waals surface area contributed by atoms with Crippen LogP contribution in [0.25, 0.3) is 0 Å². The van der Waals surface area contributed by atoms with Gasteiger partial charge in [-0.25, -0.2) is 0 Å². The average Bonchev–Trinajstić information content (AvgIpc) is 2.69. The molecule has 138 valence electrons. The summed E-state index contributed by atoms with van der Waals surface area (Å²) >= 11 is 0. The summed E-state index contributed by atoms with van der Waals surface area (Å²) in [7, 11) is 0. The van der Waals surface area contributed by atoms with Gasteiger partial charge in [0, 0.05) is 12.6 Å². The maximum atomic E-state index is 12.1. The van der Waals surface area contributed by atoms with E-state index in [2.05, 4.69) is 5.32 Å². The van der Waals surface area contributed by atoms with Crippen LogP contribution in [0.15, 0.2) is 76.1 Å². The summed E-state index contributed by atoms with van der Waals surface area (Å²) in [6, 6.07) is 17.3. The molecule has 0 aliphatic rings. The van der Waals surface area contributed by atoms with Crippen LogP contribution in [-0.2, 0) is 13.0 Å². The summed E-state index contributed by atoms with van der Waals surface area (Å²) in [5, 5.41) is 11.9. The van der Waals surface area contributed by atoms with E-state index in [0.717, 1.165) is 23.5 Å². The zero-order valence-electron chi connectivity index (χ0n) is 14.6. The Morgan fingerprint density at radius 2 is 1.78 bits per heavy atom. The molecule has 6 heteroatoms. The summed E-state index contributed by atoms with van der Waals surface area (Å²) in [6.07, 6.45) is 1.74. The van der Waals surface area contributed by atoms with Crippen LogP contribution in [-0.4, -0.2) is 17.6 Å². The van der Waals surface area contributed by atoms with E-state index in [-0.39, 0.29) is 23.9 Å². The molecule has 0 atom stereocenters. The number of carbonyl (C=O) groups is 1. The van der Waals surface area contributed by atoms with Crippen molar-refractivity contribution >= 4 is 5.91 Å². The molecule has 2 N–H and O–H groups in total. The number of ether oxygens (including phenoxy) is 1. The first-order valence-corrected chi connectivity index (χ1v) is 8.47. The lowest BCUT2D eigenvalue weighted by atomic mass is 10.1.